The number of likely N-dealkylation sites (tertiary alicyclic amines) is 1. The number of hydrogen-bond acceptors (Lipinski definition) is 3. The van der Waals surface area contributed by atoms with Crippen molar-refractivity contribution in [3.05, 3.63) is 35.9 Å². The molecule has 3 N–H and O–H groups in total. The minimum Gasteiger partial charge on any atom is -0.391 e. The second-order valence-electron chi connectivity index (χ2n) is 4.26. The van der Waals surface area contributed by atoms with Crippen LogP contribution in [0.1, 0.15) is 5.56 Å². The molecule has 1 amide bonds. The van der Waals surface area contributed by atoms with Gasteiger partial charge in [-0.15, -0.1) is 0 Å². The van der Waals surface area contributed by atoms with Gasteiger partial charge in [0, 0.05) is 19.6 Å². The van der Waals surface area contributed by atoms with Gasteiger partial charge in [0.15, 0.2) is 0 Å². The van der Waals surface area contributed by atoms with Crippen LogP contribution in [0.3, 0.4) is 0 Å². The van der Waals surface area contributed by atoms with Crippen LogP contribution in [0, 0.1) is 5.92 Å². The van der Waals surface area contributed by atoms with E-state index >= 15 is 0 Å². The lowest BCUT2D eigenvalue weighted by Gasteiger charge is -2.14. The van der Waals surface area contributed by atoms with E-state index in [1.54, 1.807) is 0 Å². The number of primary amides is 1. The van der Waals surface area contributed by atoms with E-state index in [0.717, 1.165) is 6.54 Å². The van der Waals surface area contributed by atoms with Gasteiger partial charge >= 0.3 is 0 Å². The number of β-amino-alcohol motifs (C(OH)–C–C–N with tert-alkyl or cyclic N) is 1. The largest absolute Gasteiger partial charge is 0.391 e. The van der Waals surface area contributed by atoms with E-state index in [-0.39, 0.29) is 0 Å². The highest BCUT2D eigenvalue weighted by molar-refractivity contribution is 5.77. The average molecular weight is 220 g/mol. The van der Waals surface area contributed by atoms with Crippen molar-refractivity contribution in [1.29, 1.82) is 0 Å². The first kappa shape index (κ1) is 11.1. The van der Waals surface area contributed by atoms with Crippen molar-refractivity contribution in [1.82, 2.24) is 4.90 Å². The van der Waals surface area contributed by atoms with E-state index in [9.17, 15) is 9.90 Å². The Balaban J connectivity index is 1.96. The maximum absolute atomic E-state index is 11.0. The molecule has 2 rings (SSSR count). The Morgan fingerprint density at radius 1 is 1.38 bits per heavy atom. The molecule has 1 heterocycles. The predicted octanol–water partition coefficient (Wildman–Crippen LogP) is -0.0354. The van der Waals surface area contributed by atoms with Crippen molar-refractivity contribution in [3.8, 4) is 0 Å². The molecule has 1 aromatic carbocycles. The van der Waals surface area contributed by atoms with Crippen LogP contribution in [-0.4, -0.2) is 35.1 Å². The molecule has 16 heavy (non-hydrogen) atoms. The molecule has 0 spiro atoms. The molecule has 1 aliphatic heterocycles. The summed E-state index contributed by atoms with van der Waals surface area (Å²) >= 11 is 0. The Hall–Kier alpha value is -1.39. The third kappa shape index (κ3) is 2.40. The molecule has 1 fully saturated rings. The number of aliphatic hydroxyl groups excluding tert-OH is 1. The predicted molar refractivity (Wildman–Crippen MR) is 60.4 cm³/mol. The molecule has 2 atom stereocenters. The fraction of sp³-hybridized carbons (Fsp3) is 0.417. The first-order valence-electron chi connectivity index (χ1n) is 5.40. The summed E-state index contributed by atoms with van der Waals surface area (Å²) in [5.74, 6) is -0.841. The fourth-order valence-corrected chi connectivity index (χ4v) is 2.12. The normalized spacial score (nSPS) is 25.8. The molecule has 1 saturated heterocycles. The lowest BCUT2D eigenvalue weighted by Crippen LogP contribution is -2.32. The minimum absolute atomic E-state index is 0.414. The van der Waals surface area contributed by atoms with Crippen LogP contribution in [0.15, 0.2) is 30.3 Å². The molecule has 0 bridgehead atoms. The molecule has 86 valence electrons. The summed E-state index contributed by atoms with van der Waals surface area (Å²) in [5.41, 5.74) is 6.40. The van der Waals surface area contributed by atoms with Gasteiger partial charge in [-0.05, 0) is 5.56 Å². The van der Waals surface area contributed by atoms with Crippen LogP contribution < -0.4 is 5.73 Å². The smallest absolute Gasteiger partial charge is 0.224 e. The molecule has 1 aromatic rings. The number of carbonyl (C=O) groups is 1. The van der Waals surface area contributed by atoms with Crippen molar-refractivity contribution < 1.29 is 9.90 Å². The third-order valence-electron chi connectivity index (χ3n) is 2.98. The van der Waals surface area contributed by atoms with Gasteiger partial charge in [0.1, 0.15) is 0 Å². The molecule has 0 radical (unpaired) electrons. The van der Waals surface area contributed by atoms with E-state index in [2.05, 4.69) is 4.90 Å². The van der Waals surface area contributed by atoms with Crippen molar-refractivity contribution in [2.75, 3.05) is 13.1 Å². The molecule has 0 aromatic heterocycles. The lowest BCUT2D eigenvalue weighted by molar-refractivity contribution is -0.123. The van der Waals surface area contributed by atoms with E-state index in [4.69, 9.17) is 5.73 Å². The maximum atomic E-state index is 11.0. The molecule has 2 unspecified atom stereocenters. The zero-order valence-corrected chi connectivity index (χ0v) is 9.04. The number of hydrogen-bond donors (Lipinski definition) is 2. The second-order valence-corrected chi connectivity index (χ2v) is 4.26. The van der Waals surface area contributed by atoms with Crippen molar-refractivity contribution in [2.45, 2.75) is 12.6 Å². The van der Waals surface area contributed by atoms with Crippen molar-refractivity contribution in [3.63, 3.8) is 0 Å². The highest BCUT2D eigenvalue weighted by atomic mass is 16.3. The zero-order chi connectivity index (χ0) is 11.5. The van der Waals surface area contributed by atoms with E-state index in [1.165, 1.54) is 5.56 Å². The van der Waals surface area contributed by atoms with E-state index in [1.807, 2.05) is 30.3 Å². The van der Waals surface area contributed by atoms with Gasteiger partial charge in [-0.2, -0.15) is 0 Å². The number of nitrogens with zero attached hydrogens (tertiary/aromatic N) is 1. The zero-order valence-electron chi connectivity index (χ0n) is 9.04. The second kappa shape index (κ2) is 4.63. The molecule has 0 saturated carbocycles. The average Bonchev–Trinajstić information content (AvgIpc) is 2.61. The monoisotopic (exact) mass is 220 g/mol. The van der Waals surface area contributed by atoms with Crippen LogP contribution in [0.5, 0.6) is 0 Å². The number of benzene rings is 1. The van der Waals surface area contributed by atoms with Crippen LogP contribution in [0.25, 0.3) is 0 Å². The number of carbonyl (C=O) groups excluding carboxylic acids is 1. The van der Waals surface area contributed by atoms with Gasteiger partial charge in [-0.3, -0.25) is 9.69 Å². The SMILES string of the molecule is NC(=O)C1CN(Cc2ccccc2)CC1O. The summed E-state index contributed by atoms with van der Waals surface area (Å²) in [4.78, 5) is 13.1. The highest BCUT2D eigenvalue weighted by Gasteiger charge is 2.34. The molecule has 4 heteroatoms. The van der Waals surface area contributed by atoms with Crippen molar-refractivity contribution >= 4 is 5.91 Å². The molecular formula is C12H16N2O2. The summed E-state index contributed by atoms with van der Waals surface area (Å²) in [7, 11) is 0. The van der Waals surface area contributed by atoms with Crippen molar-refractivity contribution in [2.24, 2.45) is 11.7 Å². The first-order chi connectivity index (χ1) is 7.66. The summed E-state index contributed by atoms with van der Waals surface area (Å²) in [6.45, 7) is 1.82. The Labute approximate surface area is 94.7 Å². The van der Waals surface area contributed by atoms with Gasteiger partial charge in [0.2, 0.25) is 5.91 Å². The maximum Gasteiger partial charge on any atom is 0.224 e. The van der Waals surface area contributed by atoms with Crippen LogP contribution in [0.2, 0.25) is 0 Å². The quantitative estimate of drug-likeness (QED) is 0.751. The van der Waals surface area contributed by atoms with Gasteiger partial charge in [-0.25, -0.2) is 0 Å². The fourth-order valence-electron chi connectivity index (χ4n) is 2.12. The summed E-state index contributed by atoms with van der Waals surface area (Å²) in [5, 5.41) is 9.67. The highest BCUT2D eigenvalue weighted by Crippen LogP contribution is 2.18. The summed E-state index contributed by atoms with van der Waals surface area (Å²) in [6.07, 6.45) is -0.624. The Morgan fingerprint density at radius 3 is 2.62 bits per heavy atom. The van der Waals surface area contributed by atoms with E-state index in [0.29, 0.717) is 13.1 Å². The van der Waals surface area contributed by atoms with Gasteiger partial charge in [-0.1, -0.05) is 30.3 Å². The number of nitrogens with two attached hydrogens (primary N) is 1. The van der Waals surface area contributed by atoms with Gasteiger partial charge in [0.05, 0.1) is 12.0 Å². The van der Waals surface area contributed by atoms with Crippen LogP contribution >= 0.6 is 0 Å². The molecule has 1 aliphatic rings. The Kier molecular flexibility index (Phi) is 3.22. The van der Waals surface area contributed by atoms with Crippen LogP contribution in [0.4, 0.5) is 0 Å². The van der Waals surface area contributed by atoms with E-state index < -0.39 is 17.9 Å². The Morgan fingerprint density at radius 2 is 2.06 bits per heavy atom. The number of aliphatic hydroxyl groups is 1. The van der Waals surface area contributed by atoms with Gasteiger partial charge in [0.25, 0.3) is 0 Å². The number of rotatable bonds is 3. The Bertz CT molecular complexity index is 367. The van der Waals surface area contributed by atoms with Gasteiger partial charge < -0.3 is 10.8 Å². The van der Waals surface area contributed by atoms with Crippen LogP contribution in [-0.2, 0) is 11.3 Å². The molecular weight excluding hydrogens is 204 g/mol. The summed E-state index contributed by atoms with van der Waals surface area (Å²) < 4.78 is 0. The topological polar surface area (TPSA) is 66.6 Å². The minimum atomic E-state index is -0.624. The molecule has 4 nitrogen and oxygen atoms in total. The molecule has 0 aliphatic carbocycles. The number of amides is 1. The lowest BCUT2D eigenvalue weighted by atomic mass is 10.1. The first-order valence-corrected chi connectivity index (χ1v) is 5.40. The standard InChI is InChI=1S/C12H16N2O2/c13-12(16)10-7-14(8-11(10)15)6-9-4-2-1-3-5-9/h1-5,10-11,15H,6-8H2,(H2,13,16). The summed E-state index contributed by atoms with van der Waals surface area (Å²) in [6, 6.07) is 9.99. The third-order valence-corrected chi connectivity index (χ3v) is 2.98.